The van der Waals surface area contributed by atoms with Gasteiger partial charge in [-0.05, 0) is 43.0 Å². The van der Waals surface area contributed by atoms with Crippen LogP contribution in [0.2, 0.25) is 0 Å². The molecule has 1 aromatic carbocycles. The zero-order valence-electron chi connectivity index (χ0n) is 12.3. The van der Waals surface area contributed by atoms with Crippen molar-refractivity contribution in [2.45, 2.75) is 25.8 Å². The molecule has 0 radical (unpaired) electrons. The molecule has 0 aliphatic rings. The first-order chi connectivity index (χ1) is 10.1. The summed E-state index contributed by atoms with van der Waals surface area (Å²) in [5.41, 5.74) is 0.824. The summed E-state index contributed by atoms with van der Waals surface area (Å²) in [5.74, 6) is 0.169. The van der Waals surface area contributed by atoms with Crippen molar-refractivity contribution in [2.75, 3.05) is 18.6 Å². The molecule has 1 atom stereocenters. The molecule has 0 unspecified atom stereocenters. The highest BCUT2D eigenvalue weighted by Gasteiger charge is 2.19. The number of carboxylic acids is 1. The van der Waals surface area contributed by atoms with E-state index in [0.29, 0.717) is 18.8 Å². The minimum atomic E-state index is -0.996. The van der Waals surface area contributed by atoms with Crippen LogP contribution in [-0.2, 0) is 16.0 Å². The number of rotatable bonds is 9. The standard InChI is InChI=1S/C15H21NO4S/c1-3-20-12-6-4-11(5-7-12)10-14(17)16-13(15(18)19)8-9-21-2/h4-7,13H,3,8-10H2,1-2H3,(H,16,17)(H,18,19)/t13-/m0/s1. The van der Waals surface area contributed by atoms with Gasteiger partial charge >= 0.3 is 5.97 Å². The van der Waals surface area contributed by atoms with Crippen molar-refractivity contribution in [3.63, 3.8) is 0 Å². The van der Waals surface area contributed by atoms with Crippen LogP contribution in [0.4, 0.5) is 0 Å². The Balaban J connectivity index is 2.52. The summed E-state index contributed by atoms with van der Waals surface area (Å²) in [6, 6.07) is 6.39. The summed E-state index contributed by atoms with van der Waals surface area (Å²) >= 11 is 1.56. The second-order valence-electron chi connectivity index (χ2n) is 4.49. The Morgan fingerprint density at radius 1 is 1.33 bits per heavy atom. The summed E-state index contributed by atoms with van der Waals surface area (Å²) in [6.45, 7) is 2.50. The van der Waals surface area contributed by atoms with E-state index in [-0.39, 0.29) is 12.3 Å². The van der Waals surface area contributed by atoms with Crippen LogP contribution in [0.25, 0.3) is 0 Å². The molecule has 6 heteroatoms. The SMILES string of the molecule is CCOc1ccc(CC(=O)N[C@@H](CCSC)C(=O)O)cc1. The zero-order valence-corrected chi connectivity index (χ0v) is 13.1. The highest BCUT2D eigenvalue weighted by atomic mass is 32.2. The van der Waals surface area contributed by atoms with Crippen molar-refractivity contribution in [2.24, 2.45) is 0 Å². The highest BCUT2D eigenvalue weighted by molar-refractivity contribution is 7.98. The highest BCUT2D eigenvalue weighted by Crippen LogP contribution is 2.12. The Morgan fingerprint density at radius 3 is 2.52 bits per heavy atom. The molecule has 21 heavy (non-hydrogen) atoms. The van der Waals surface area contributed by atoms with Gasteiger partial charge in [0.05, 0.1) is 13.0 Å². The monoisotopic (exact) mass is 311 g/mol. The van der Waals surface area contributed by atoms with Crippen molar-refractivity contribution < 1.29 is 19.4 Å². The van der Waals surface area contributed by atoms with Crippen LogP contribution in [0.1, 0.15) is 18.9 Å². The summed E-state index contributed by atoms with van der Waals surface area (Å²) in [4.78, 5) is 23.0. The second-order valence-corrected chi connectivity index (χ2v) is 5.48. The average molecular weight is 311 g/mol. The third-order valence-electron chi connectivity index (χ3n) is 2.84. The molecule has 0 spiro atoms. The number of aliphatic carboxylic acids is 1. The number of thioether (sulfide) groups is 1. The maximum absolute atomic E-state index is 11.9. The number of amides is 1. The molecule has 1 amide bonds. The number of hydrogen-bond acceptors (Lipinski definition) is 4. The molecule has 0 saturated heterocycles. The largest absolute Gasteiger partial charge is 0.494 e. The van der Waals surface area contributed by atoms with E-state index in [4.69, 9.17) is 9.84 Å². The minimum Gasteiger partial charge on any atom is -0.494 e. The van der Waals surface area contributed by atoms with Crippen molar-refractivity contribution >= 4 is 23.6 Å². The Labute approximate surface area is 129 Å². The average Bonchev–Trinajstić information content (AvgIpc) is 2.45. The van der Waals surface area contributed by atoms with E-state index < -0.39 is 12.0 Å². The molecule has 0 saturated carbocycles. The number of nitrogens with one attached hydrogen (secondary N) is 1. The van der Waals surface area contributed by atoms with Crippen LogP contribution in [0.5, 0.6) is 5.75 Å². The maximum atomic E-state index is 11.9. The maximum Gasteiger partial charge on any atom is 0.326 e. The summed E-state index contributed by atoms with van der Waals surface area (Å²) in [5, 5.41) is 11.6. The molecule has 2 N–H and O–H groups in total. The predicted octanol–water partition coefficient (Wildman–Crippen LogP) is 1.95. The van der Waals surface area contributed by atoms with Crippen LogP contribution < -0.4 is 10.1 Å². The van der Waals surface area contributed by atoms with Crippen LogP contribution in [0, 0.1) is 0 Å². The third kappa shape index (κ3) is 6.53. The van der Waals surface area contributed by atoms with Crippen molar-refractivity contribution in [3.8, 4) is 5.75 Å². The van der Waals surface area contributed by atoms with Gasteiger partial charge in [-0.15, -0.1) is 0 Å². The smallest absolute Gasteiger partial charge is 0.326 e. The number of carbonyl (C=O) groups excluding carboxylic acids is 1. The van der Waals surface area contributed by atoms with Gasteiger partial charge in [-0.3, -0.25) is 4.79 Å². The Morgan fingerprint density at radius 2 is 2.00 bits per heavy atom. The first kappa shape index (κ1) is 17.4. The Kier molecular flexibility index (Phi) is 7.68. The quantitative estimate of drug-likeness (QED) is 0.729. The van der Waals surface area contributed by atoms with Crippen LogP contribution >= 0.6 is 11.8 Å². The third-order valence-corrected chi connectivity index (χ3v) is 3.49. The van der Waals surface area contributed by atoms with Gasteiger partial charge in [-0.2, -0.15) is 11.8 Å². The fraction of sp³-hybridized carbons (Fsp3) is 0.467. The molecule has 116 valence electrons. The number of hydrogen-bond donors (Lipinski definition) is 2. The molecule has 0 fully saturated rings. The normalized spacial score (nSPS) is 11.7. The Hall–Kier alpha value is -1.69. The summed E-state index contributed by atoms with van der Waals surface area (Å²) in [7, 11) is 0. The van der Waals surface area contributed by atoms with E-state index in [2.05, 4.69) is 5.32 Å². The fourth-order valence-corrected chi connectivity index (χ4v) is 2.27. The molecular formula is C15H21NO4S. The lowest BCUT2D eigenvalue weighted by atomic mass is 10.1. The number of ether oxygens (including phenoxy) is 1. The minimum absolute atomic E-state index is 0.162. The molecule has 1 rings (SSSR count). The lowest BCUT2D eigenvalue weighted by Crippen LogP contribution is -2.41. The van der Waals surface area contributed by atoms with Crippen LogP contribution in [0.15, 0.2) is 24.3 Å². The lowest BCUT2D eigenvalue weighted by Gasteiger charge is -2.14. The van der Waals surface area contributed by atoms with Gasteiger partial charge in [0.2, 0.25) is 5.91 Å². The molecular weight excluding hydrogens is 290 g/mol. The van der Waals surface area contributed by atoms with E-state index in [1.807, 2.05) is 25.3 Å². The number of carboxylic acid groups (broad SMARTS) is 1. The molecule has 0 aromatic heterocycles. The van der Waals surface area contributed by atoms with Gasteiger partial charge in [0, 0.05) is 0 Å². The fourth-order valence-electron chi connectivity index (χ4n) is 1.79. The topological polar surface area (TPSA) is 75.6 Å². The molecule has 0 aliphatic carbocycles. The van der Waals surface area contributed by atoms with Crippen molar-refractivity contribution in [1.29, 1.82) is 0 Å². The van der Waals surface area contributed by atoms with Crippen molar-refractivity contribution in [1.82, 2.24) is 5.32 Å². The second kappa shape index (κ2) is 9.28. The van der Waals surface area contributed by atoms with E-state index in [1.165, 1.54) is 0 Å². The first-order valence-electron chi connectivity index (χ1n) is 6.79. The Bertz CT molecular complexity index is 461. The molecule has 1 aromatic rings. The summed E-state index contributed by atoms with van der Waals surface area (Å²) < 4.78 is 5.33. The van der Waals surface area contributed by atoms with Gasteiger partial charge in [-0.25, -0.2) is 4.79 Å². The van der Waals surface area contributed by atoms with Crippen molar-refractivity contribution in [3.05, 3.63) is 29.8 Å². The number of carbonyl (C=O) groups is 2. The first-order valence-corrected chi connectivity index (χ1v) is 8.19. The molecule has 0 heterocycles. The van der Waals surface area contributed by atoms with Gasteiger partial charge < -0.3 is 15.2 Å². The van der Waals surface area contributed by atoms with Crippen LogP contribution in [0.3, 0.4) is 0 Å². The molecule has 0 aliphatic heterocycles. The van der Waals surface area contributed by atoms with E-state index >= 15 is 0 Å². The zero-order chi connectivity index (χ0) is 15.7. The van der Waals surface area contributed by atoms with Gasteiger partial charge in [-0.1, -0.05) is 12.1 Å². The molecule has 5 nitrogen and oxygen atoms in total. The van der Waals surface area contributed by atoms with E-state index in [9.17, 15) is 9.59 Å². The van der Waals surface area contributed by atoms with E-state index in [1.54, 1.807) is 23.9 Å². The van der Waals surface area contributed by atoms with Gasteiger partial charge in [0.15, 0.2) is 0 Å². The van der Waals surface area contributed by atoms with Gasteiger partial charge in [0.25, 0.3) is 0 Å². The lowest BCUT2D eigenvalue weighted by molar-refractivity contribution is -0.141. The van der Waals surface area contributed by atoms with E-state index in [0.717, 1.165) is 11.3 Å². The summed E-state index contributed by atoms with van der Waals surface area (Å²) in [6.07, 6.45) is 2.49. The van der Waals surface area contributed by atoms with Gasteiger partial charge in [0.1, 0.15) is 11.8 Å². The van der Waals surface area contributed by atoms with Crippen LogP contribution in [-0.4, -0.2) is 41.6 Å². The number of benzene rings is 1. The predicted molar refractivity (Wildman–Crippen MR) is 83.9 cm³/mol. The molecule has 0 bridgehead atoms.